The van der Waals surface area contributed by atoms with Crippen molar-refractivity contribution in [2.24, 2.45) is 7.05 Å². The highest BCUT2D eigenvalue weighted by Gasteiger charge is 2.41. The van der Waals surface area contributed by atoms with Crippen molar-refractivity contribution >= 4 is 21.6 Å². The first-order chi connectivity index (χ1) is 13.0. The number of nitrogens with zero attached hydrogens (tertiary/aromatic N) is 4. The summed E-state index contributed by atoms with van der Waals surface area (Å²) < 4.78 is 65.7. The number of hydrogen-bond acceptors (Lipinski definition) is 5. The maximum absolute atomic E-state index is 13.0. The van der Waals surface area contributed by atoms with E-state index < -0.39 is 27.5 Å². The summed E-state index contributed by atoms with van der Waals surface area (Å²) in [6.07, 6.45) is -2.20. The second-order valence-corrected chi connectivity index (χ2v) is 9.14. The third-order valence-corrected chi connectivity index (χ3v) is 6.82. The Bertz CT molecular complexity index is 1090. The van der Waals surface area contributed by atoms with Crippen LogP contribution >= 0.6 is 0 Å². The number of halogens is 3. The average molecular weight is 414 g/mol. The molecule has 2 aliphatic rings. The molecule has 0 aromatic carbocycles. The number of sulfone groups is 1. The van der Waals surface area contributed by atoms with Crippen LogP contribution in [0.15, 0.2) is 17.3 Å². The molecule has 0 saturated heterocycles. The standard InChI is InChI=1S/C17H17F3N4O3S/c1-3-28(26,27)16-14(22-13(23(16)2)9-4-5-9)24-8-12-11(15(24)25)6-10(7-21-12)17(18,19)20/h6-7,9H,3-5,8H2,1-2H3. The molecule has 28 heavy (non-hydrogen) atoms. The van der Waals surface area contributed by atoms with E-state index in [-0.39, 0.29) is 40.3 Å². The van der Waals surface area contributed by atoms with Crippen molar-refractivity contribution in [2.75, 3.05) is 10.7 Å². The van der Waals surface area contributed by atoms with Crippen molar-refractivity contribution in [1.82, 2.24) is 14.5 Å². The molecule has 1 aliphatic carbocycles. The van der Waals surface area contributed by atoms with Gasteiger partial charge in [0, 0.05) is 19.2 Å². The Kier molecular flexibility index (Phi) is 4.07. The Hall–Kier alpha value is -2.43. The molecule has 4 rings (SSSR count). The topological polar surface area (TPSA) is 85.2 Å². The van der Waals surface area contributed by atoms with Gasteiger partial charge >= 0.3 is 6.18 Å². The summed E-state index contributed by atoms with van der Waals surface area (Å²) in [7, 11) is -2.13. The second-order valence-electron chi connectivity index (χ2n) is 6.94. The minimum atomic E-state index is -4.63. The molecule has 150 valence electrons. The molecule has 0 unspecified atom stereocenters. The zero-order chi connectivity index (χ0) is 20.4. The van der Waals surface area contributed by atoms with E-state index in [1.54, 1.807) is 7.05 Å². The lowest BCUT2D eigenvalue weighted by molar-refractivity contribution is -0.137. The van der Waals surface area contributed by atoms with Crippen LogP contribution in [-0.4, -0.2) is 34.6 Å². The van der Waals surface area contributed by atoms with Gasteiger partial charge < -0.3 is 4.57 Å². The lowest BCUT2D eigenvalue weighted by atomic mass is 10.1. The van der Waals surface area contributed by atoms with Crippen LogP contribution in [-0.2, 0) is 29.6 Å². The molecule has 0 radical (unpaired) electrons. The number of alkyl halides is 3. The predicted octanol–water partition coefficient (Wildman–Crippen LogP) is 2.67. The lowest BCUT2D eigenvalue weighted by Crippen LogP contribution is -2.26. The first-order valence-corrected chi connectivity index (χ1v) is 10.4. The number of fused-ring (bicyclic) bond motifs is 1. The summed E-state index contributed by atoms with van der Waals surface area (Å²) in [6.45, 7) is 1.36. The number of carbonyl (C=O) groups is 1. The van der Waals surface area contributed by atoms with E-state index in [0.717, 1.165) is 23.8 Å². The number of rotatable bonds is 4. The Morgan fingerprint density at radius 2 is 1.96 bits per heavy atom. The molecule has 1 amide bonds. The van der Waals surface area contributed by atoms with Gasteiger partial charge in [0.2, 0.25) is 0 Å². The smallest absolute Gasteiger partial charge is 0.320 e. The Labute approximate surface area is 159 Å². The summed E-state index contributed by atoms with van der Waals surface area (Å²) in [6, 6.07) is 0.753. The highest BCUT2D eigenvalue weighted by Crippen LogP contribution is 2.43. The van der Waals surface area contributed by atoms with Crippen LogP contribution in [0.5, 0.6) is 0 Å². The molecular formula is C17H17F3N4O3S. The first-order valence-electron chi connectivity index (χ1n) is 8.72. The fourth-order valence-corrected chi connectivity index (χ4v) is 4.57. The van der Waals surface area contributed by atoms with E-state index >= 15 is 0 Å². The molecule has 1 saturated carbocycles. The number of aromatic nitrogens is 3. The van der Waals surface area contributed by atoms with Crippen LogP contribution in [0.1, 0.15) is 53.1 Å². The zero-order valence-electron chi connectivity index (χ0n) is 15.1. The van der Waals surface area contributed by atoms with Crippen molar-refractivity contribution in [3.8, 4) is 0 Å². The summed E-state index contributed by atoms with van der Waals surface area (Å²) in [5.41, 5.74) is -1.05. The molecule has 2 aromatic heterocycles. The van der Waals surface area contributed by atoms with Crippen LogP contribution < -0.4 is 4.90 Å². The second kappa shape index (κ2) is 6.03. The molecule has 0 atom stereocenters. The van der Waals surface area contributed by atoms with E-state index in [1.807, 2.05) is 0 Å². The monoisotopic (exact) mass is 414 g/mol. The molecule has 11 heteroatoms. The molecule has 1 fully saturated rings. The van der Waals surface area contributed by atoms with Gasteiger partial charge in [-0.05, 0) is 18.9 Å². The number of imidazole rings is 1. The maximum atomic E-state index is 13.0. The van der Waals surface area contributed by atoms with Gasteiger partial charge in [-0.15, -0.1) is 0 Å². The van der Waals surface area contributed by atoms with Gasteiger partial charge in [-0.2, -0.15) is 13.2 Å². The van der Waals surface area contributed by atoms with E-state index in [0.29, 0.717) is 12.0 Å². The summed E-state index contributed by atoms with van der Waals surface area (Å²) in [4.78, 5) is 22.1. The normalized spacial score (nSPS) is 17.3. The lowest BCUT2D eigenvalue weighted by Gasteiger charge is -2.15. The van der Waals surface area contributed by atoms with Crippen molar-refractivity contribution in [3.05, 3.63) is 34.9 Å². The third kappa shape index (κ3) is 2.88. The van der Waals surface area contributed by atoms with Gasteiger partial charge in [-0.3, -0.25) is 14.7 Å². The molecular weight excluding hydrogens is 397 g/mol. The number of amides is 1. The Balaban J connectivity index is 1.82. The number of carbonyl (C=O) groups excluding carboxylic acids is 1. The Morgan fingerprint density at radius 3 is 2.54 bits per heavy atom. The van der Waals surface area contributed by atoms with E-state index in [2.05, 4.69) is 9.97 Å². The summed E-state index contributed by atoms with van der Waals surface area (Å²) in [5.74, 6) is -0.270. The van der Waals surface area contributed by atoms with Crippen LogP contribution in [0.2, 0.25) is 0 Å². The fraction of sp³-hybridized carbons (Fsp3) is 0.471. The predicted molar refractivity (Wildman–Crippen MR) is 92.7 cm³/mol. The van der Waals surface area contributed by atoms with Crippen LogP contribution in [0.3, 0.4) is 0 Å². The minimum absolute atomic E-state index is 0.0391. The van der Waals surface area contributed by atoms with Crippen molar-refractivity contribution in [3.63, 3.8) is 0 Å². The molecule has 7 nitrogen and oxygen atoms in total. The average Bonchev–Trinajstić information content (AvgIpc) is 3.33. The largest absolute Gasteiger partial charge is 0.417 e. The van der Waals surface area contributed by atoms with E-state index in [4.69, 9.17) is 0 Å². The van der Waals surface area contributed by atoms with Crippen molar-refractivity contribution < 1.29 is 26.4 Å². The Morgan fingerprint density at radius 1 is 1.29 bits per heavy atom. The number of anilines is 1. The quantitative estimate of drug-likeness (QED) is 0.768. The van der Waals surface area contributed by atoms with Gasteiger partial charge in [-0.25, -0.2) is 13.4 Å². The number of hydrogen-bond donors (Lipinski definition) is 0. The molecule has 2 aromatic rings. The highest BCUT2D eigenvalue weighted by atomic mass is 32.2. The summed E-state index contributed by atoms with van der Waals surface area (Å²) in [5, 5.41) is -0.0888. The van der Waals surface area contributed by atoms with Gasteiger partial charge in [0.05, 0.1) is 29.1 Å². The highest BCUT2D eigenvalue weighted by molar-refractivity contribution is 7.91. The SMILES string of the molecule is CCS(=O)(=O)c1c(N2Cc3ncc(C(F)(F)F)cc3C2=O)nc(C2CC2)n1C. The maximum Gasteiger partial charge on any atom is 0.417 e. The van der Waals surface area contributed by atoms with Gasteiger partial charge in [0.25, 0.3) is 5.91 Å². The summed E-state index contributed by atoms with van der Waals surface area (Å²) >= 11 is 0. The van der Waals surface area contributed by atoms with Crippen LogP contribution in [0.25, 0.3) is 0 Å². The van der Waals surface area contributed by atoms with Crippen molar-refractivity contribution in [2.45, 2.75) is 43.4 Å². The fourth-order valence-electron chi connectivity index (χ4n) is 3.35. The third-order valence-electron chi connectivity index (χ3n) is 5.01. The van der Waals surface area contributed by atoms with E-state index in [9.17, 15) is 26.4 Å². The molecule has 0 bridgehead atoms. The van der Waals surface area contributed by atoms with Crippen LogP contribution in [0, 0.1) is 0 Å². The van der Waals surface area contributed by atoms with E-state index in [1.165, 1.54) is 11.5 Å². The molecule has 1 aliphatic heterocycles. The first kappa shape index (κ1) is 18.9. The van der Waals surface area contributed by atoms with Crippen molar-refractivity contribution in [1.29, 1.82) is 0 Å². The van der Waals surface area contributed by atoms with Gasteiger partial charge in [0.1, 0.15) is 5.82 Å². The molecule has 3 heterocycles. The van der Waals surface area contributed by atoms with Gasteiger partial charge in [0.15, 0.2) is 20.7 Å². The minimum Gasteiger partial charge on any atom is -0.320 e. The zero-order valence-corrected chi connectivity index (χ0v) is 15.9. The number of pyridine rings is 1. The van der Waals surface area contributed by atoms with Crippen LogP contribution in [0.4, 0.5) is 19.0 Å². The molecule has 0 spiro atoms. The molecule has 0 N–H and O–H groups in total. The van der Waals surface area contributed by atoms with Gasteiger partial charge in [-0.1, -0.05) is 6.92 Å².